The number of imide groups is 1. The van der Waals surface area contributed by atoms with Gasteiger partial charge in [0.25, 0.3) is 21.8 Å². The summed E-state index contributed by atoms with van der Waals surface area (Å²) < 4.78 is 37.3. The molecule has 41 heavy (non-hydrogen) atoms. The number of amides is 4. The van der Waals surface area contributed by atoms with Gasteiger partial charge in [0.05, 0.1) is 10.5 Å². The first kappa shape index (κ1) is 33.1. The van der Waals surface area contributed by atoms with Crippen LogP contribution in [-0.2, 0) is 43.5 Å². The van der Waals surface area contributed by atoms with E-state index in [9.17, 15) is 37.2 Å². The molecular weight excluding hydrogens is 558 g/mol. The maximum Gasteiger partial charge on any atom is 0.338 e. The molecule has 0 saturated heterocycles. The second kappa shape index (κ2) is 14.0. The summed E-state index contributed by atoms with van der Waals surface area (Å²) in [7, 11) is -4.23. The zero-order chi connectivity index (χ0) is 31.0. The molecule has 0 unspecified atom stereocenters. The Morgan fingerprint density at radius 3 is 2.17 bits per heavy atom. The predicted molar refractivity (Wildman–Crippen MR) is 144 cm³/mol. The summed E-state index contributed by atoms with van der Waals surface area (Å²) in [6, 6.07) is 3.91. The van der Waals surface area contributed by atoms with Crippen LogP contribution in [0.25, 0.3) is 0 Å². The molecule has 1 heterocycles. The van der Waals surface area contributed by atoms with Crippen LogP contribution in [0, 0.1) is 11.3 Å². The summed E-state index contributed by atoms with van der Waals surface area (Å²) in [6.45, 7) is 7.51. The lowest BCUT2D eigenvalue weighted by Gasteiger charge is -2.20. The van der Waals surface area contributed by atoms with Gasteiger partial charge in [0.15, 0.2) is 0 Å². The molecule has 224 valence electrons. The van der Waals surface area contributed by atoms with E-state index < -0.39 is 57.0 Å². The highest BCUT2D eigenvalue weighted by atomic mass is 32.2. The predicted octanol–water partition coefficient (Wildman–Crippen LogP) is 1.08. The van der Waals surface area contributed by atoms with E-state index in [4.69, 9.17) is 9.47 Å². The lowest BCUT2D eigenvalue weighted by atomic mass is 9.96. The van der Waals surface area contributed by atoms with Gasteiger partial charge in [-0.3, -0.25) is 24.1 Å². The van der Waals surface area contributed by atoms with Gasteiger partial charge in [-0.2, -0.15) is 0 Å². The number of hydrogen-bond acceptors (Lipinski definition) is 10. The van der Waals surface area contributed by atoms with Crippen molar-refractivity contribution in [3.63, 3.8) is 0 Å². The van der Waals surface area contributed by atoms with E-state index in [1.165, 1.54) is 18.2 Å². The Hall–Kier alpha value is -4.07. The fraction of sp³-hybridized carbons (Fsp3) is 0.481. The standard InChI is InChI=1S/C27H35N3O10S/c1-17(2)15-20(28-21(31)11-12-30-22(32)9-10-23(30)33)25(35)40-14-13-39-24(34)18-7-6-8-19(16-18)41(37,38)29-26(36)27(3,4)5/h6-10,16-17,20H,11-15H2,1-5H3,(H,28,31)(H,29,36)/t20-/m0/s1. The van der Waals surface area contributed by atoms with Gasteiger partial charge in [-0.25, -0.2) is 22.7 Å². The van der Waals surface area contributed by atoms with Gasteiger partial charge in [-0.05, 0) is 30.5 Å². The van der Waals surface area contributed by atoms with Gasteiger partial charge >= 0.3 is 11.9 Å². The van der Waals surface area contributed by atoms with E-state index in [-0.39, 0.29) is 49.0 Å². The summed E-state index contributed by atoms with van der Waals surface area (Å²) in [5.41, 5.74) is -1.05. The Bertz CT molecular complexity index is 1310. The molecule has 13 nitrogen and oxygen atoms in total. The summed E-state index contributed by atoms with van der Waals surface area (Å²) in [5.74, 6) is -3.94. The average molecular weight is 594 g/mol. The molecule has 2 rings (SSSR count). The molecule has 1 aromatic carbocycles. The van der Waals surface area contributed by atoms with E-state index in [1.807, 2.05) is 18.6 Å². The van der Waals surface area contributed by atoms with E-state index in [0.717, 1.165) is 23.1 Å². The number of esters is 2. The van der Waals surface area contributed by atoms with Crippen molar-refractivity contribution in [1.82, 2.24) is 14.9 Å². The van der Waals surface area contributed by atoms with Gasteiger partial charge in [-0.1, -0.05) is 40.7 Å². The molecule has 1 aliphatic heterocycles. The molecule has 0 bridgehead atoms. The van der Waals surface area contributed by atoms with Crippen molar-refractivity contribution in [2.75, 3.05) is 19.8 Å². The highest BCUT2D eigenvalue weighted by Crippen LogP contribution is 2.17. The van der Waals surface area contributed by atoms with Crippen LogP contribution in [0.15, 0.2) is 41.3 Å². The fourth-order valence-corrected chi connectivity index (χ4v) is 4.61. The number of carbonyl (C=O) groups is 6. The van der Waals surface area contributed by atoms with Crippen LogP contribution in [0.4, 0.5) is 0 Å². The fourth-order valence-electron chi connectivity index (χ4n) is 3.40. The van der Waals surface area contributed by atoms with Crippen LogP contribution in [0.5, 0.6) is 0 Å². The number of rotatable bonds is 13. The third-order valence-corrected chi connectivity index (χ3v) is 6.97. The number of nitrogens with zero attached hydrogens (tertiary/aromatic N) is 1. The lowest BCUT2D eigenvalue weighted by molar-refractivity contribution is -0.149. The van der Waals surface area contributed by atoms with E-state index >= 15 is 0 Å². The third-order valence-electron chi connectivity index (χ3n) is 5.64. The summed E-state index contributed by atoms with van der Waals surface area (Å²) in [6.07, 6.45) is 2.27. The zero-order valence-electron chi connectivity index (χ0n) is 23.6. The van der Waals surface area contributed by atoms with Crippen LogP contribution < -0.4 is 10.0 Å². The van der Waals surface area contributed by atoms with Crippen LogP contribution in [0.1, 0.15) is 57.8 Å². The molecule has 1 aliphatic rings. The Labute approximate surface area is 238 Å². The Balaban J connectivity index is 1.88. The molecule has 1 aromatic rings. The maximum atomic E-state index is 12.6. The molecular formula is C27H35N3O10S. The van der Waals surface area contributed by atoms with Crippen molar-refractivity contribution in [2.24, 2.45) is 11.3 Å². The Morgan fingerprint density at radius 1 is 0.976 bits per heavy atom. The summed E-state index contributed by atoms with van der Waals surface area (Å²) in [5, 5.41) is 2.54. The summed E-state index contributed by atoms with van der Waals surface area (Å²) >= 11 is 0. The van der Waals surface area contributed by atoms with Crippen molar-refractivity contribution >= 4 is 45.6 Å². The van der Waals surface area contributed by atoms with Crippen LogP contribution in [0.3, 0.4) is 0 Å². The largest absolute Gasteiger partial charge is 0.461 e. The van der Waals surface area contributed by atoms with E-state index in [1.54, 1.807) is 20.8 Å². The number of sulfonamides is 1. The normalized spacial score (nSPS) is 14.1. The molecule has 0 fully saturated rings. The topological polar surface area (TPSA) is 182 Å². The van der Waals surface area contributed by atoms with Crippen LogP contribution in [0.2, 0.25) is 0 Å². The van der Waals surface area contributed by atoms with Gasteiger partial charge < -0.3 is 14.8 Å². The second-order valence-electron chi connectivity index (χ2n) is 10.7. The molecule has 0 aliphatic carbocycles. The van der Waals surface area contributed by atoms with Crippen molar-refractivity contribution in [2.45, 2.75) is 58.4 Å². The Kier molecular flexibility index (Phi) is 11.3. The SMILES string of the molecule is CC(C)C[C@H](NC(=O)CCN1C(=O)C=CC1=O)C(=O)OCCOC(=O)c1cccc(S(=O)(=O)NC(=O)C(C)(C)C)c1. The monoisotopic (exact) mass is 593 g/mol. The highest BCUT2D eigenvalue weighted by Gasteiger charge is 2.28. The van der Waals surface area contributed by atoms with Crippen molar-refractivity contribution < 1.29 is 46.7 Å². The third kappa shape index (κ3) is 10.1. The molecule has 14 heteroatoms. The van der Waals surface area contributed by atoms with E-state index in [2.05, 4.69) is 5.32 Å². The first-order chi connectivity index (χ1) is 19.0. The minimum absolute atomic E-state index is 0.00773. The number of carbonyl (C=O) groups excluding carboxylic acids is 6. The molecule has 2 N–H and O–H groups in total. The molecule has 4 amide bonds. The first-order valence-corrected chi connectivity index (χ1v) is 14.3. The lowest BCUT2D eigenvalue weighted by Crippen LogP contribution is -2.44. The van der Waals surface area contributed by atoms with E-state index in [0.29, 0.717) is 0 Å². The summed E-state index contributed by atoms with van der Waals surface area (Å²) in [4.78, 5) is 73.4. The van der Waals surface area contributed by atoms with Gasteiger partial charge in [0, 0.05) is 30.5 Å². The van der Waals surface area contributed by atoms with Gasteiger partial charge in [0.2, 0.25) is 11.8 Å². The Morgan fingerprint density at radius 2 is 1.59 bits per heavy atom. The highest BCUT2D eigenvalue weighted by molar-refractivity contribution is 7.90. The molecule has 1 atom stereocenters. The van der Waals surface area contributed by atoms with Crippen molar-refractivity contribution in [1.29, 1.82) is 0 Å². The van der Waals surface area contributed by atoms with Crippen LogP contribution >= 0.6 is 0 Å². The number of nitrogens with one attached hydrogen (secondary N) is 2. The van der Waals surface area contributed by atoms with Crippen LogP contribution in [-0.4, -0.2) is 74.7 Å². The number of hydrogen-bond donors (Lipinski definition) is 2. The maximum absolute atomic E-state index is 12.6. The molecule has 0 radical (unpaired) electrons. The minimum atomic E-state index is -4.23. The quantitative estimate of drug-likeness (QED) is 0.191. The number of benzene rings is 1. The second-order valence-corrected chi connectivity index (χ2v) is 12.4. The van der Waals surface area contributed by atoms with Crippen molar-refractivity contribution in [3.8, 4) is 0 Å². The first-order valence-electron chi connectivity index (χ1n) is 12.8. The number of ether oxygens (including phenoxy) is 2. The molecule has 0 saturated carbocycles. The van der Waals surface area contributed by atoms with Gasteiger partial charge in [-0.15, -0.1) is 0 Å². The smallest absolute Gasteiger partial charge is 0.338 e. The average Bonchev–Trinajstić information content (AvgIpc) is 3.20. The van der Waals surface area contributed by atoms with Gasteiger partial charge in [0.1, 0.15) is 19.3 Å². The zero-order valence-corrected chi connectivity index (χ0v) is 24.4. The minimum Gasteiger partial charge on any atom is -0.461 e. The molecule has 0 aromatic heterocycles. The van der Waals surface area contributed by atoms with Crippen molar-refractivity contribution in [3.05, 3.63) is 42.0 Å². The molecule has 0 spiro atoms.